The van der Waals surface area contributed by atoms with Crippen molar-refractivity contribution < 1.29 is 4.79 Å². The zero-order chi connectivity index (χ0) is 12.9. The largest absolute Gasteiger partial charge is 0.329 e. The molecule has 0 aromatic carbocycles. The van der Waals surface area contributed by atoms with Crippen LogP contribution in [0.2, 0.25) is 0 Å². The predicted molar refractivity (Wildman–Crippen MR) is 74.7 cm³/mol. The summed E-state index contributed by atoms with van der Waals surface area (Å²) in [5.41, 5.74) is 5.83. The highest BCUT2D eigenvalue weighted by Gasteiger charge is 2.33. The lowest BCUT2D eigenvalue weighted by molar-refractivity contribution is -0.125. The van der Waals surface area contributed by atoms with Crippen LogP contribution in [0.3, 0.4) is 0 Å². The SMILES string of the molecule is CCC(CC)(CN)C(=O)Nc1cnc(C)nc1.Cl. The quantitative estimate of drug-likeness (QED) is 0.858. The number of aryl methyl sites for hydroxylation is 1. The third kappa shape index (κ3) is 3.65. The molecule has 1 heterocycles. The molecule has 3 N–H and O–H groups in total. The van der Waals surface area contributed by atoms with Crippen LogP contribution in [-0.4, -0.2) is 22.4 Å². The topological polar surface area (TPSA) is 80.9 Å². The Hall–Kier alpha value is -1.20. The maximum atomic E-state index is 12.2. The molecule has 0 atom stereocenters. The minimum absolute atomic E-state index is 0. The Kier molecular flexibility index (Phi) is 6.80. The molecule has 102 valence electrons. The molecule has 0 spiro atoms. The van der Waals surface area contributed by atoms with E-state index in [0.717, 1.165) is 12.8 Å². The number of anilines is 1. The molecule has 0 aliphatic carbocycles. The van der Waals surface area contributed by atoms with Crippen LogP contribution in [0.25, 0.3) is 0 Å². The van der Waals surface area contributed by atoms with Gasteiger partial charge in [-0.1, -0.05) is 13.8 Å². The Balaban J connectivity index is 0.00000289. The van der Waals surface area contributed by atoms with Crippen molar-refractivity contribution in [3.63, 3.8) is 0 Å². The highest BCUT2D eigenvalue weighted by Crippen LogP contribution is 2.26. The number of hydrogen-bond acceptors (Lipinski definition) is 4. The van der Waals surface area contributed by atoms with Gasteiger partial charge in [-0.2, -0.15) is 0 Å². The molecule has 1 aromatic heterocycles. The van der Waals surface area contributed by atoms with Gasteiger partial charge in [-0.15, -0.1) is 12.4 Å². The van der Waals surface area contributed by atoms with Crippen molar-refractivity contribution in [1.82, 2.24) is 9.97 Å². The summed E-state index contributed by atoms with van der Waals surface area (Å²) in [7, 11) is 0. The third-order valence-electron chi connectivity index (χ3n) is 3.26. The van der Waals surface area contributed by atoms with Gasteiger partial charge in [-0.25, -0.2) is 9.97 Å². The summed E-state index contributed by atoms with van der Waals surface area (Å²) in [6.07, 6.45) is 4.65. The normalized spacial score (nSPS) is 10.7. The molecule has 5 nitrogen and oxygen atoms in total. The van der Waals surface area contributed by atoms with Crippen molar-refractivity contribution in [2.45, 2.75) is 33.6 Å². The molecule has 0 bridgehead atoms. The van der Waals surface area contributed by atoms with Gasteiger partial charge in [-0.3, -0.25) is 4.79 Å². The number of aromatic nitrogens is 2. The van der Waals surface area contributed by atoms with Gasteiger partial charge in [0.15, 0.2) is 0 Å². The first-order chi connectivity index (χ1) is 8.07. The minimum atomic E-state index is -0.495. The van der Waals surface area contributed by atoms with E-state index in [2.05, 4.69) is 15.3 Å². The number of carbonyl (C=O) groups is 1. The number of nitrogens with zero attached hydrogens (tertiary/aromatic N) is 2. The fraction of sp³-hybridized carbons (Fsp3) is 0.583. The van der Waals surface area contributed by atoms with Crippen LogP contribution in [0.4, 0.5) is 5.69 Å². The smallest absolute Gasteiger partial charge is 0.231 e. The van der Waals surface area contributed by atoms with Gasteiger partial charge in [-0.05, 0) is 19.8 Å². The molecule has 0 unspecified atom stereocenters. The summed E-state index contributed by atoms with van der Waals surface area (Å²) < 4.78 is 0. The zero-order valence-corrected chi connectivity index (χ0v) is 11.9. The van der Waals surface area contributed by atoms with E-state index in [1.807, 2.05) is 13.8 Å². The van der Waals surface area contributed by atoms with Crippen molar-refractivity contribution in [3.8, 4) is 0 Å². The maximum Gasteiger partial charge on any atom is 0.231 e. The van der Waals surface area contributed by atoms with Crippen LogP contribution >= 0.6 is 12.4 Å². The van der Waals surface area contributed by atoms with E-state index >= 15 is 0 Å². The van der Waals surface area contributed by atoms with E-state index in [0.29, 0.717) is 18.1 Å². The highest BCUT2D eigenvalue weighted by molar-refractivity contribution is 5.95. The van der Waals surface area contributed by atoms with Crippen LogP contribution in [0.5, 0.6) is 0 Å². The highest BCUT2D eigenvalue weighted by atomic mass is 35.5. The summed E-state index contributed by atoms with van der Waals surface area (Å²) in [5, 5.41) is 2.82. The van der Waals surface area contributed by atoms with Crippen molar-refractivity contribution in [3.05, 3.63) is 18.2 Å². The van der Waals surface area contributed by atoms with Crippen LogP contribution in [0, 0.1) is 12.3 Å². The van der Waals surface area contributed by atoms with E-state index in [-0.39, 0.29) is 18.3 Å². The van der Waals surface area contributed by atoms with Crippen LogP contribution in [0.15, 0.2) is 12.4 Å². The van der Waals surface area contributed by atoms with Gasteiger partial charge >= 0.3 is 0 Å². The molecule has 1 aromatic rings. The molecule has 0 aliphatic heterocycles. The van der Waals surface area contributed by atoms with Crippen LogP contribution < -0.4 is 11.1 Å². The second-order valence-electron chi connectivity index (χ2n) is 4.16. The first-order valence-corrected chi connectivity index (χ1v) is 5.88. The molecule has 6 heteroatoms. The Morgan fingerprint density at radius 2 is 1.83 bits per heavy atom. The maximum absolute atomic E-state index is 12.2. The number of nitrogens with one attached hydrogen (secondary N) is 1. The average molecular weight is 273 g/mol. The Bertz CT molecular complexity index is 368. The van der Waals surface area contributed by atoms with Gasteiger partial charge < -0.3 is 11.1 Å². The van der Waals surface area contributed by atoms with E-state index in [4.69, 9.17) is 5.73 Å². The fourth-order valence-electron chi connectivity index (χ4n) is 1.67. The number of rotatable bonds is 5. The molecular weight excluding hydrogens is 252 g/mol. The summed E-state index contributed by atoms with van der Waals surface area (Å²) in [4.78, 5) is 20.2. The van der Waals surface area contributed by atoms with Crippen molar-refractivity contribution >= 4 is 24.0 Å². The molecule has 1 rings (SSSR count). The third-order valence-corrected chi connectivity index (χ3v) is 3.26. The van der Waals surface area contributed by atoms with Gasteiger partial charge in [0.2, 0.25) is 5.91 Å². The Labute approximate surface area is 114 Å². The van der Waals surface area contributed by atoms with Crippen LogP contribution in [-0.2, 0) is 4.79 Å². The Morgan fingerprint density at radius 3 is 2.22 bits per heavy atom. The standard InChI is InChI=1S/C12H20N4O.ClH/c1-4-12(5-2,8-13)11(17)16-10-6-14-9(3)15-7-10;/h6-7H,4-5,8,13H2,1-3H3,(H,16,17);1H. The zero-order valence-electron chi connectivity index (χ0n) is 11.1. The number of hydrogen-bond donors (Lipinski definition) is 2. The lowest BCUT2D eigenvalue weighted by Crippen LogP contribution is -2.41. The van der Waals surface area contributed by atoms with Gasteiger partial charge in [0, 0.05) is 6.54 Å². The van der Waals surface area contributed by atoms with Crippen LogP contribution in [0.1, 0.15) is 32.5 Å². The summed E-state index contributed by atoms with van der Waals surface area (Å²) in [5.74, 6) is 0.622. The molecule has 1 amide bonds. The second-order valence-corrected chi connectivity index (χ2v) is 4.16. The molecule has 0 saturated heterocycles. The number of nitrogens with two attached hydrogens (primary N) is 1. The van der Waals surface area contributed by atoms with E-state index < -0.39 is 5.41 Å². The fourth-order valence-corrected chi connectivity index (χ4v) is 1.67. The van der Waals surface area contributed by atoms with Crippen molar-refractivity contribution in [2.24, 2.45) is 11.1 Å². The van der Waals surface area contributed by atoms with Gasteiger partial charge in [0.1, 0.15) is 5.82 Å². The minimum Gasteiger partial charge on any atom is -0.329 e. The average Bonchev–Trinajstić information content (AvgIpc) is 2.35. The predicted octanol–water partition coefficient (Wildman–Crippen LogP) is 1.91. The van der Waals surface area contributed by atoms with E-state index in [1.165, 1.54) is 0 Å². The van der Waals surface area contributed by atoms with E-state index in [1.54, 1.807) is 19.3 Å². The van der Waals surface area contributed by atoms with Gasteiger partial charge in [0.25, 0.3) is 0 Å². The van der Waals surface area contributed by atoms with Crippen molar-refractivity contribution in [1.29, 1.82) is 0 Å². The number of halogens is 1. The van der Waals surface area contributed by atoms with Crippen molar-refractivity contribution in [2.75, 3.05) is 11.9 Å². The lowest BCUT2D eigenvalue weighted by Gasteiger charge is -2.28. The summed E-state index contributed by atoms with van der Waals surface area (Å²) in [6.45, 7) is 6.09. The van der Waals surface area contributed by atoms with E-state index in [9.17, 15) is 4.79 Å². The lowest BCUT2D eigenvalue weighted by atomic mass is 9.81. The Morgan fingerprint density at radius 1 is 1.33 bits per heavy atom. The number of carbonyl (C=O) groups excluding carboxylic acids is 1. The monoisotopic (exact) mass is 272 g/mol. The summed E-state index contributed by atoms with van der Waals surface area (Å²) >= 11 is 0. The molecule has 0 radical (unpaired) electrons. The summed E-state index contributed by atoms with van der Waals surface area (Å²) in [6, 6.07) is 0. The molecule has 18 heavy (non-hydrogen) atoms. The number of amides is 1. The molecule has 0 aliphatic rings. The first-order valence-electron chi connectivity index (χ1n) is 5.88. The molecular formula is C12H21ClN4O. The molecule has 0 fully saturated rings. The van der Waals surface area contributed by atoms with Gasteiger partial charge in [0.05, 0.1) is 23.5 Å². The first kappa shape index (κ1) is 16.8. The second kappa shape index (κ2) is 7.28. The molecule has 0 saturated carbocycles.